The molecule has 0 radical (unpaired) electrons. The monoisotopic (exact) mass is 340 g/mol. The summed E-state index contributed by atoms with van der Waals surface area (Å²) < 4.78 is 5.33. The molecule has 1 aliphatic heterocycles. The molecule has 1 aromatic heterocycles. The summed E-state index contributed by atoms with van der Waals surface area (Å²) in [7, 11) is 1.59. The van der Waals surface area contributed by atoms with E-state index in [9.17, 15) is 4.79 Å². The summed E-state index contributed by atoms with van der Waals surface area (Å²) in [6.45, 7) is 1.28. The molecule has 0 unspecified atom stereocenters. The fraction of sp³-hybridized carbons (Fsp3) is 0.211. The van der Waals surface area contributed by atoms with Crippen LogP contribution in [-0.4, -0.2) is 29.4 Å². The van der Waals surface area contributed by atoms with Crippen molar-refractivity contribution in [3.8, 4) is 5.75 Å². The van der Waals surface area contributed by atoms with E-state index in [1.54, 1.807) is 7.11 Å². The molecule has 122 valence electrons. The molecule has 0 atom stereocenters. The fourth-order valence-electron chi connectivity index (χ4n) is 3.36. The smallest absolute Gasteiger partial charge is 0.257 e. The Morgan fingerprint density at radius 2 is 2.08 bits per heavy atom. The maximum Gasteiger partial charge on any atom is 0.257 e. The van der Waals surface area contributed by atoms with Crippen LogP contribution in [-0.2, 0) is 13.0 Å². The normalized spacial score (nSPS) is 13.8. The molecule has 1 aliphatic rings. The van der Waals surface area contributed by atoms with E-state index in [2.05, 4.69) is 4.98 Å². The Bertz CT molecular complexity index is 932. The third-order valence-electron chi connectivity index (χ3n) is 4.56. The molecule has 2 heterocycles. The number of methoxy groups -OCH3 is 1. The number of fused-ring (bicyclic) bond motifs is 3. The predicted molar refractivity (Wildman–Crippen MR) is 94.7 cm³/mol. The van der Waals surface area contributed by atoms with Crippen LogP contribution in [0.25, 0.3) is 10.9 Å². The van der Waals surface area contributed by atoms with Gasteiger partial charge in [0, 0.05) is 46.7 Å². The Morgan fingerprint density at radius 1 is 1.25 bits per heavy atom. The number of rotatable bonds is 2. The van der Waals surface area contributed by atoms with Gasteiger partial charge in [0.2, 0.25) is 0 Å². The topological polar surface area (TPSA) is 45.3 Å². The number of para-hydroxylation sites is 1. The SMILES string of the molecule is COc1ccccc1C(=O)N1CCc2[nH]c3cc(Cl)ccc3c2C1. The van der Waals surface area contributed by atoms with Crippen LogP contribution in [0.1, 0.15) is 21.6 Å². The van der Waals surface area contributed by atoms with Crippen LogP contribution in [0.4, 0.5) is 0 Å². The van der Waals surface area contributed by atoms with Gasteiger partial charge in [0.25, 0.3) is 5.91 Å². The predicted octanol–water partition coefficient (Wildman–Crippen LogP) is 4.03. The van der Waals surface area contributed by atoms with Crippen molar-refractivity contribution < 1.29 is 9.53 Å². The van der Waals surface area contributed by atoms with Gasteiger partial charge in [0.05, 0.1) is 12.7 Å². The zero-order valence-corrected chi connectivity index (χ0v) is 14.1. The number of hydrogen-bond donors (Lipinski definition) is 1. The maximum absolute atomic E-state index is 12.9. The van der Waals surface area contributed by atoms with Crippen molar-refractivity contribution in [3.63, 3.8) is 0 Å². The Balaban J connectivity index is 1.69. The van der Waals surface area contributed by atoms with Crippen molar-refractivity contribution in [1.82, 2.24) is 9.88 Å². The lowest BCUT2D eigenvalue weighted by Crippen LogP contribution is -2.36. The summed E-state index contributed by atoms with van der Waals surface area (Å²) in [6.07, 6.45) is 0.808. The number of H-pyrrole nitrogens is 1. The van der Waals surface area contributed by atoms with E-state index in [1.807, 2.05) is 47.4 Å². The summed E-state index contributed by atoms with van der Waals surface area (Å²) in [4.78, 5) is 18.2. The van der Waals surface area contributed by atoms with E-state index >= 15 is 0 Å². The van der Waals surface area contributed by atoms with Gasteiger partial charge in [0.1, 0.15) is 5.75 Å². The van der Waals surface area contributed by atoms with Crippen LogP contribution < -0.4 is 4.74 Å². The highest BCUT2D eigenvalue weighted by Gasteiger charge is 2.26. The Labute approximate surface area is 145 Å². The van der Waals surface area contributed by atoms with Crippen LogP contribution in [0, 0.1) is 0 Å². The third kappa shape index (κ3) is 2.43. The van der Waals surface area contributed by atoms with Crippen LogP contribution >= 0.6 is 11.6 Å². The molecule has 4 nitrogen and oxygen atoms in total. The zero-order valence-electron chi connectivity index (χ0n) is 13.3. The van der Waals surface area contributed by atoms with Gasteiger partial charge in [0.15, 0.2) is 0 Å². The lowest BCUT2D eigenvalue weighted by Gasteiger charge is -2.27. The highest BCUT2D eigenvalue weighted by Crippen LogP contribution is 2.31. The first kappa shape index (κ1) is 15.1. The van der Waals surface area contributed by atoms with E-state index in [0.29, 0.717) is 29.4 Å². The molecule has 0 aliphatic carbocycles. The number of aromatic nitrogens is 1. The summed E-state index contributed by atoms with van der Waals surface area (Å²) in [6, 6.07) is 13.2. The molecule has 0 saturated heterocycles. The van der Waals surface area contributed by atoms with Gasteiger partial charge in [-0.2, -0.15) is 0 Å². The van der Waals surface area contributed by atoms with Gasteiger partial charge in [-0.05, 0) is 24.3 Å². The summed E-state index contributed by atoms with van der Waals surface area (Å²) in [5.41, 5.74) is 4.00. The molecule has 0 saturated carbocycles. The highest BCUT2D eigenvalue weighted by molar-refractivity contribution is 6.31. The molecule has 0 fully saturated rings. The van der Waals surface area contributed by atoms with Gasteiger partial charge in [-0.15, -0.1) is 0 Å². The number of nitrogens with zero attached hydrogens (tertiary/aromatic N) is 1. The number of nitrogens with one attached hydrogen (secondary N) is 1. The van der Waals surface area contributed by atoms with E-state index in [-0.39, 0.29) is 5.91 Å². The lowest BCUT2D eigenvalue weighted by atomic mass is 10.0. The van der Waals surface area contributed by atoms with Gasteiger partial charge in [-0.25, -0.2) is 0 Å². The zero-order chi connectivity index (χ0) is 16.7. The number of amides is 1. The molecule has 0 spiro atoms. The van der Waals surface area contributed by atoms with E-state index < -0.39 is 0 Å². The quantitative estimate of drug-likeness (QED) is 0.765. The van der Waals surface area contributed by atoms with E-state index in [1.165, 1.54) is 11.3 Å². The average molecular weight is 341 g/mol. The minimum Gasteiger partial charge on any atom is -0.496 e. The second-order valence-electron chi connectivity index (χ2n) is 5.95. The number of ether oxygens (including phenoxy) is 1. The summed E-state index contributed by atoms with van der Waals surface area (Å²) in [5.74, 6) is 0.611. The van der Waals surface area contributed by atoms with Crippen molar-refractivity contribution in [3.05, 3.63) is 64.3 Å². The van der Waals surface area contributed by atoms with Gasteiger partial charge >= 0.3 is 0 Å². The fourth-order valence-corrected chi connectivity index (χ4v) is 3.53. The van der Waals surface area contributed by atoms with Crippen LogP contribution in [0.3, 0.4) is 0 Å². The summed E-state index contributed by atoms with van der Waals surface area (Å²) >= 11 is 6.08. The van der Waals surface area contributed by atoms with Crippen molar-refractivity contribution in [2.24, 2.45) is 0 Å². The van der Waals surface area contributed by atoms with Crippen molar-refractivity contribution in [1.29, 1.82) is 0 Å². The second kappa shape index (κ2) is 5.87. The molecule has 2 aromatic carbocycles. The molecule has 5 heteroatoms. The molecule has 4 rings (SSSR count). The van der Waals surface area contributed by atoms with Crippen molar-refractivity contribution in [2.75, 3.05) is 13.7 Å². The molecule has 3 aromatic rings. The number of hydrogen-bond acceptors (Lipinski definition) is 2. The van der Waals surface area contributed by atoms with Crippen LogP contribution in [0.5, 0.6) is 5.75 Å². The van der Waals surface area contributed by atoms with E-state index in [0.717, 1.165) is 17.3 Å². The van der Waals surface area contributed by atoms with Crippen molar-refractivity contribution >= 4 is 28.4 Å². The Morgan fingerprint density at radius 3 is 2.92 bits per heavy atom. The first-order valence-electron chi connectivity index (χ1n) is 7.88. The molecular weight excluding hydrogens is 324 g/mol. The number of halogens is 1. The standard InChI is InChI=1S/C19H17ClN2O2/c1-24-18-5-3-2-4-14(18)19(23)22-9-8-16-15(11-22)13-7-6-12(20)10-17(13)21-16/h2-7,10,21H,8-9,11H2,1H3. The second-order valence-corrected chi connectivity index (χ2v) is 6.39. The van der Waals surface area contributed by atoms with Gasteiger partial charge < -0.3 is 14.6 Å². The van der Waals surface area contributed by atoms with Crippen LogP contribution in [0.15, 0.2) is 42.5 Å². The van der Waals surface area contributed by atoms with Crippen molar-refractivity contribution in [2.45, 2.75) is 13.0 Å². The molecule has 1 amide bonds. The first-order valence-corrected chi connectivity index (χ1v) is 8.26. The maximum atomic E-state index is 12.9. The van der Waals surface area contributed by atoms with Gasteiger partial charge in [-0.1, -0.05) is 29.8 Å². The number of carbonyl (C=O) groups is 1. The number of aromatic amines is 1. The van der Waals surface area contributed by atoms with Gasteiger partial charge in [-0.3, -0.25) is 4.79 Å². The minimum absolute atomic E-state index is 0.00131. The lowest BCUT2D eigenvalue weighted by molar-refractivity contribution is 0.0731. The largest absolute Gasteiger partial charge is 0.496 e. The Hall–Kier alpha value is -2.46. The summed E-state index contributed by atoms with van der Waals surface area (Å²) in [5, 5.41) is 1.84. The molecule has 0 bridgehead atoms. The van der Waals surface area contributed by atoms with E-state index in [4.69, 9.17) is 16.3 Å². The van der Waals surface area contributed by atoms with Crippen LogP contribution in [0.2, 0.25) is 5.02 Å². The number of benzene rings is 2. The molecule has 24 heavy (non-hydrogen) atoms. The number of carbonyl (C=O) groups excluding carboxylic acids is 1. The average Bonchev–Trinajstić information content (AvgIpc) is 2.97. The first-order chi connectivity index (χ1) is 11.7. The highest BCUT2D eigenvalue weighted by atomic mass is 35.5. The molecular formula is C19H17ClN2O2. The minimum atomic E-state index is 0.00131. The third-order valence-corrected chi connectivity index (χ3v) is 4.80. The Kier molecular flexibility index (Phi) is 3.69. The molecule has 1 N–H and O–H groups in total.